The second-order valence-electron chi connectivity index (χ2n) is 7.96. The fraction of sp³-hybridized carbons (Fsp3) is 0.667. The second kappa shape index (κ2) is 8.57. The molecule has 1 amide bonds. The van der Waals surface area contributed by atoms with E-state index in [9.17, 15) is 9.18 Å². The van der Waals surface area contributed by atoms with Crippen LogP contribution in [0.15, 0.2) is 18.2 Å². The van der Waals surface area contributed by atoms with Gasteiger partial charge in [0.15, 0.2) is 11.6 Å². The number of benzene rings is 1. The predicted molar refractivity (Wildman–Crippen MR) is 104 cm³/mol. The first-order valence-electron chi connectivity index (χ1n) is 10.0. The van der Waals surface area contributed by atoms with Crippen molar-refractivity contribution in [2.24, 2.45) is 0 Å². The van der Waals surface area contributed by atoms with E-state index < -0.39 is 0 Å². The van der Waals surface area contributed by atoms with E-state index in [0.29, 0.717) is 18.1 Å². The molecule has 150 valence electrons. The molecule has 0 bridgehead atoms. The molecule has 0 aliphatic carbocycles. The van der Waals surface area contributed by atoms with Crippen LogP contribution in [0, 0.1) is 5.82 Å². The number of likely N-dealkylation sites (tertiary alicyclic amines) is 1. The summed E-state index contributed by atoms with van der Waals surface area (Å²) >= 11 is 0. The molecule has 5 nitrogen and oxygen atoms in total. The largest absolute Gasteiger partial charge is 0.494 e. The van der Waals surface area contributed by atoms with Crippen molar-refractivity contribution in [1.82, 2.24) is 14.7 Å². The normalized spacial score (nSPS) is 20.8. The molecule has 1 spiro atoms. The summed E-state index contributed by atoms with van der Waals surface area (Å²) in [5, 5.41) is 0. The van der Waals surface area contributed by atoms with Gasteiger partial charge in [-0.15, -0.1) is 0 Å². The summed E-state index contributed by atoms with van der Waals surface area (Å²) in [6.07, 6.45) is 3.60. The number of carbonyl (C=O) groups is 1. The number of hydrogen-bond donors (Lipinski definition) is 0. The zero-order chi connectivity index (χ0) is 19.4. The van der Waals surface area contributed by atoms with E-state index in [2.05, 4.69) is 23.8 Å². The van der Waals surface area contributed by atoms with E-state index in [0.717, 1.165) is 64.1 Å². The quantitative estimate of drug-likeness (QED) is 0.791. The van der Waals surface area contributed by atoms with Crippen molar-refractivity contribution < 1.29 is 13.9 Å². The van der Waals surface area contributed by atoms with E-state index in [-0.39, 0.29) is 11.4 Å². The third-order valence-electron chi connectivity index (χ3n) is 6.21. The second-order valence-corrected chi connectivity index (χ2v) is 7.96. The van der Waals surface area contributed by atoms with Crippen LogP contribution in [0.25, 0.3) is 0 Å². The molecule has 0 unspecified atom stereocenters. The molecule has 1 aromatic carbocycles. The van der Waals surface area contributed by atoms with Gasteiger partial charge in [-0.25, -0.2) is 4.39 Å². The smallest absolute Gasteiger partial charge is 0.222 e. The molecule has 0 N–H and O–H groups in total. The molecular weight excluding hydrogens is 345 g/mol. The molecule has 27 heavy (non-hydrogen) atoms. The van der Waals surface area contributed by atoms with Crippen molar-refractivity contribution in [2.75, 3.05) is 46.9 Å². The van der Waals surface area contributed by atoms with Crippen molar-refractivity contribution in [1.29, 1.82) is 0 Å². The maximum absolute atomic E-state index is 13.7. The molecule has 2 aliphatic heterocycles. The molecule has 1 aromatic rings. The number of hydrogen-bond acceptors (Lipinski definition) is 4. The van der Waals surface area contributed by atoms with Gasteiger partial charge >= 0.3 is 0 Å². The molecule has 0 atom stereocenters. The highest BCUT2D eigenvalue weighted by Gasteiger charge is 2.42. The minimum Gasteiger partial charge on any atom is -0.494 e. The van der Waals surface area contributed by atoms with Crippen molar-refractivity contribution in [3.8, 4) is 5.75 Å². The standard InChI is InChI=1S/C21H32FN3O2/c1-4-5-20(26)25-10-8-21(9-11-25)16-24(13-12-23(21)2)15-17-6-7-18(22)19(14-17)27-3/h6-7,14H,4-5,8-13,15-16H2,1-3H3. The Morgan fingerprint density at radius 2 is 1.96 bits per heavy atom. The fourth-order valence-electron chi connectivity index (χ4n) is 4.42. The Morgan fingerprint density at radius 3 is 2.63 bits per heavy atom. The van der Waals surface area contributed by atoms with Crippen LogP contribution in [0.1, 0.15) is 38.2 Å². The summed E-state index contributed by atoms with van der Waals surface area (Å²) in [7, 11) is 3.71. The summed E-state index contributed by atoms with van der Waals surface area (Å²) in [6, 6.07) is 5.12. The first-order valence-corrected chi connectivity index (χ1v) is 10.0. The molecule has 6 heteroatoms. The van der Waals surface area contributed by atoms with Crippen molar-refractivity contribution >= 4 is 5.91 Å². The number of amides is 1. The van der Waals surface area contributed by atoms with Gasteiger partial charge in [-0.05, 0) is 44.0 Å². The van der Waals surface area contributed by atoms with Crippen molar-refractivity contribution in [3.63, 3.8) is 0 Å². The van der Waals surface area contributed by atoms with Gasteiger partial charge in [-0.2, -0.15) is 0 Å². The van der Waals surface area contributed by atoms with E-state index in [1.165, 1.54) is 13.2 Å². The number of methoxy groups -OCH3 is 1. The van der Waals surface area contributed by atoms with Gasteiger partial charge in [-0.1, -0.05) is 13.0 Å². The van der Waals surface area contributed by atoms with Gasteiger partial charge in [0.05, 0.1) is 7.11 Å². The average Bonchev–Trinajstić information content (AvgIpc) is 2.67. The van der Waals surface area contributed by atoms with Gasteiger partial charge in [0.25, 0.3) is 0 Å². The van der Waals surface area contributed by atoms with Crippen LogP contribution in [-0.2, 0) is 11.3 Å². The Morgan fingerprint density at radius 1 is 1.22 bits per heavy atom. The lowest BCUT2D eigenvalue weighted by molar-refractivity contribution is -0.135. The van der Waals surface area contributed by atoms with Crippen molar-refractivity contribution in [2.45, 2.75) is 44.7 Å². The molecule has 3 rings (SSSR count). The van der Waals surface area contributed by atoms with Crippen molar-refractivity contribution in [3.05, 3.63) is 29.6 Å². The topological polar surface area (TPSA) is 36.0 Å². The fourth-order valence-corrected chi connectivity index (χ4v) is 4.42. The first-order chi connectivity index (χ1) is 13.0. The zero-order valence-electron chi connectivity index (χ0n) is 16.8. The lowest BCUT2D eigenvalue weighted by Gasteiger charge is -2.53. The molecule has 0 saturated carbocycles. The maximum atomic E-state index is 13.7. The van der Waals surface area contributed by atoms with Crippen LogP contribution >= 0.6 is 0 Å². The highest BCUT2D eigenvalue weighted by molar-refractivity contribution is 5.76. The summed E-state index contributed by atoms with van der Waals surface area (Å²) < 4.78 is 18.8. The number of rotatable bonds is 5. The Labute approximate surface area is 162 Å². The minimum absolute atomic E-state index is 0.130. The van der Waals surface area contributed by atoms with Crippen LogP contribution in [0.3, 0.4) is 0 Å². The number of carbonyl (C=O) groups excluding carboxylic acids is 1. The van der Waals surface area contributed by atoms with E-state index >= 15 is 0 Å². The molecular formula is C21H32FN3O2. The van der Waals surface area contributed by atoms with Gasteiger partial charge in [0, 0.05) is 51.2 Å². The predicted octanol–water partition coefficient (Wildman–Crippen LogP) is 2.74. The third kappa shape index (κ3) is 4.43. The van der Waals surface area contributed by atoms with Gasteiger partial charge in [0.2, 0.25) is 5.91 Å². The SMILES string of the molecule is CCCC(=O)N1CCC2(CC1)CN(Cc1ccc(F)c(OC)c1)CCN2C. The lowest BCUT2D eigenvalue weighted by atomic mass is 9.83. The monoisotopic (exact) mass is 377 g/mol. The molecule has 0 aromatic heterocycles. The number of likely N-dealkylation sites (N-methyl/N-ethyl adjacent to an activating group) is 1. The lowest BCUT2D eigenvalue weighted by Crippen LogP contribution is -2.64. The molecule has 0 radical (unpaired) electrons. The zero-order valence-corrected chi connectivity index (χ0v) is 16.8. The third-order valence-corrected chi connectivity index (χ3v) is 6.21. The summed E-state index contributed by atoms with van der Waals surface area (Å²) in [5.74, 6) is 0.278. The Balaban J connectivity index is 1.64. The van der Waals surface area contributed by atoms with Gasteiger partial charge in [0.1, 0.15) is 0 Å². The maximum Gasteiger partial charge on any atom is 0.222 e. The Kier molecular flexibility index (Phi) is 6.37. The van der Waals surface area contributed by atoms with Gasteiger partial charge in [-0.3, -0.25) is 14.6 Å². The molecule has 2 fully saturated rings. The minimum atomic E-state index is -0.319. The van der Waals surface area contributed by atoms with E-state index in [1.54, 1.807) is 6.07 Å². The summed E-state index contributed by atoms with van der Waals surface area (Å²) in [5.41, 5.74) is 1.20. The highest BCUT2D eigenvalue weighted by atomic mass is 19.1. The number of piperazine rings is 1. The molecule has 2 aliphatic rings. The van der Waals surface area contributed by atoms with Crippen LogP contribution in [0.5, 0.6) is 5.75 Å². The Hall–Kier alpha value is -1.66. The van der Waals surface area contributed by atoms with Crippen LogP contribution in [-0.4, -0.2) is 73.0 Å². The van der Waals surface area contributed by atoms with Gasteiger partial charge < -0.3 is 9.64 Å². The highest BCUT2D eigenvalue weighted by Crippen LogP contribution is 2.32. The molecule has 2 saturated heterocycles. The average molecular weight is 378 g/mol. The van der Waals surface area contributed by atoms with E-state index in [4.69, 9.17) is 4.74 Å². The number of halogens is 1. The van der Waals surface area contributed by atoms with E-state index in [1.807, 2.05) is 11.0 Å². The van der Waals surface area contributed by atoms with Crippen LogP contribution < -0.4 is 4.74 Å². The van der Waals surface area contributed by atoms with Crippen LogP contribution in [0.2, 0.25) is 0 Å². The summed E-state index contributed by atoms with van der Waals surface area (Å²) in [4.78, 5) is 19.2. The Bertz CT molecular complexity index is 659. The number of piperidine rings is 1. The number of nitrogens with zero attached hydrogens (tertiary/aromatic N) is 3. The molecule has 2 heterocycles. The van der Waals surface area contributed by atoms with Crippen LogP contribution in [0.4, 0.5) is 4.39 Å². The summed E-state index contributed by atoms with van der Waals surface area (Å²) in [6.45, 7) is 7.55. The number of ether oxygens (including phenoxy) is 1. The first kappa shape index (κ1) is 20.1.